The minimum absolute atomic E-state index is 0.0173. The van der Waals surface area contributed by atoms with E-state index in [2.05, 4.69) is 102 Å². The molecule has 10 amide bonds. The molecule has 11 atom stereocenters. The molecule has 26 nitrogen and oxygen atoms in total. The van der Waals surface area contributed by atoms with Gasteiger partial charge in [0.25, 0.3) is 0 Å². The summed E-state index contributed by atoms with van der Waals surface area (Å²) in [5.41, 5.74) is 25.3. The van der Waals surface area contributed by atoms with Crippen LogP contribution in [-0.2, 0) is 60.8 Å². The van der Waals surface area contributed by atoms with Gasteiger partial charge in [0, 0.05) is 19.4 Å². The number of nitrogens with one attached hydrogen (secondary N) is 10. The van der Waals surface area contributed by atoms with Crippen molar-refractivity contribution in [2.24, 2.45) is 28.9 Å². The Morgan fingerprint density at radius 1 is 0.551 bits per heavy atom. The van der Waals surface area contributed by atoms with Crippen LogP contribution in [0.4, 0.5) is 0 Å². The second kappa shape index (κ2) is 33.8. The first-order valence-electron chi connectivity index (χ1n) is 30.4. The molecule has 1 heterocycles. The van der Waals surface area contributed by atoms with Crippen LogP contribution in [0.1, 0.15) is 90.2 Å². The van der Waals surface area contributed by atoms with E-state index >= 15 is 0 Å². The number of aliphatic hydroxyl groups excluding tert-OH is 2. The third kappa shape index (κ3) is 19.8. The molecule has 482 valence electrons. The molecule has 6 rings (SSSR count). The van der Waals surface area contributed by atoms with E-state index in [4.69, 9.17) is 22.9 Å². The predicted octanol–water partition coefficient (Wildman–Crippen LogP) is -1.76. The summed E-state index contributed by atoms with van der Waals surface area (Å²) in [5.74, 6) is -8.94. The molecule has 1 saturated heterocycles. The van der Waals surface area contributed by atoms with Gasteiger partial charge in [-0.1, -0.05) is 98.8 Å². The first kappa shape index (κ1) is 69.7. The fraction of sp³-hybridized carbons (Fsp3) is 0.492. The Hall–Kier alpha value is -8.40. The first-order valence-corrected chi connectivity index (χ1v) is 30.4. The highest BCUT2D eigenvalue weighted by Crippen LogP contribution is 2.35. The Labute approximate surface area is 517 Å². The van der Waals surface area contributed by atoms with Crippen LogP contribution >= 0.6 is 0 Å². The van der Waals surface area contributed by atoms with Crippen molar-refractivity contribution in [1.82, 2.24) is 53.2 Å². The average molecular weight is 1230 g/mol. The molecule has 1 aliphatic heterocycles. The maximum Gasteiger partial charge on any atom is 0.245 e. The SMILES string of the molecule is CC(C)C[C@@H]1NC(=O)[C@@H](Cc2ccccc2)NC(=O)[C@H](CCN)NC(=O)[C@@H](NC(=O)[C@H](CCN)NC(=O)[C@@H](NC(=O)CCCc2cc3ccc4cccc5ccc(c2)c3c45)[C@@H](C)O)CCNC(=O)[C@H]([C@@H](C)O)NC(=O)[C@H](CCN)NC(=O)[C@H](CCN)NC1=O. The smallest absolute Gasteiger partial charge is 0.245 e. The Kier molecular flexibility index (Phi) is 26.5. The van der Waals surface area contributed by atoms with Gasteiger partial charge in [-0.3, -0.25) is 47.9 Å². The monoisotopic (exact) mass is 1230 g/mol. The summed E-state index contributed by atoms with van der Waals surface area (Å²) in [6, 6.07) is 14.1. The summed E-state index contributed by atoms with van der Waals surface area (Å²) in [4.78, 5) is 141. The van der Waals surface area contributed by atoms with Gasteiger partial charge in [0.15, 0.2) is 0 Å². The number of hydrogen-bond acceptors (Lipinski definition) is 16. The van der Waals surface area contributed by atoms with E-state index in [0.29, 0.717) is 18.4 Å². The van der Waals surface area contributed by atoms with Crippen LogP contribution in [0.3, 0.4) is 0 Å². The normalized spacial score (nSPS) is 21.9. The van der Waals surface area contributed by atoms with Gasteiger partial charge in [-0.25, -0.2) is 0 Å². The van der Waals surface area contributed by atoms with Gasteiger partial charge in [-0.05, 0) is 141 Å². The Balaban J connectivity index is 1.24. The quantitative estimate of drug-likeness (QED) is 0.0322. The van der Waals surface area contributed by atoms with Crippen molar-refractivity contribution in [3.8, 4) is 0 Å². The molecule has 0 bridgehead atoms. The van der Waals surface area contributed by atoms with Crippen LogP contribution in [0.25, 0.3) is 32.3 Å². The number of carbonyl (C=O) groups is 10. The molecule has 0 unspecified atom stereocenters. The molecule has 5 aromatic carbocycles. The summed E-state index contributed by atoms with van der Waals surface area (Å²) in [6.45, 7) is 5.05. The number of aryl methyl sites for hydroxylation is 1. The van der Waals surface area contributed by atoms with Crippen LogP contribution in [0.2, 0.25) is 0 Å². The molecule has 5 aromatic rings. The number of carbonyl (C=O) groups excluding carboxylic acids is 10. The lowest BCUT2D eigenvalue weighted by Crippen LogP contribution is -2.61. The Morgan fingerprint density at radius 3 is 1.60 bits per heavy atom. The second-order valence-corrected chi connectivity index (χ2v) is 23.1. The molecule has 26 heteroatoms. The van der Waals surface area contributed by atoms with Gasteiger partial charge in [-0.15, -0.1) is 0 Å². The maximum atomic E-state index is 14.6. The van der Waals surface area contributed by atoms with Crippen molar-refractivity contribution in [2.75, 3.05) is 32.7 Å². The van der Waals surface area contributed by atoms with Crippen LogP contribution in [0, 0.1) is 5.92 Å². The molecule has 0 saturated carbocycles. The number of hydrogen-bond donors (Lipinski definition) is 16. The van der Waals surface area contributed by atoms with Gasteiger partial charge in [0.05, 0.1) is 12.2 Å². The van der Waals surface area contributed by atoms with Crippen molar-refractivity contribution in [1.29, 1.82) is 0 Å². The fourth-order valence-electron chi connectivity index (χ4n) is 10.8. The summed E-state index contributed by atoms with van der Waals surface area (Å²) in [6.07, 6.45) is -3.30. The highest BCUT2D eigenvalue weighted by molar-refractivity contribution is 6.23. The second-order valence-electron chi connectivity index (χ2n) is 23.1. The maximum absolute atomic E-state index is 14.6. The molecule has 1 aliphatic rings. The minimum Gasteiger partial charge on any atom is -0.391 e. The van der Waals surface area contributed by atoms with Gasteiger partial charge >= 0.3 is 0 Å². The van der Waals surface area contributed by atoms with Crippen molar-refractivity contribution in [3.05, 3.63) is 96.1 Å². The summed E-state index contributed by atoms with van der Waals surface area (Å²) < 4.78 is 0. The molecular weight excluding hydrogens is 1140 g/mol. The number of aliphatic hydroxyl groups is 2. The fourth-order valence-corrected chi connectivity index (χ4v) is 10.8. The van der Waals surface area contributed by atoms with E-state index in [-0.39, 0.29) is 77.0 Å². The van der Waals surface area contributed by atoms with E-state index in [9.17, 15) is 58.2 Å². The summed E-state index contributed by atoms with van der Waals surface area (Å²) in [5, 5.41) is 54.3. The topological polar surface area (TPSA) is 436 Å². The van der Waals surface area contributed by atoms with E-state index in [1.54, 1.807) is 44.2 Å². The summed E-state index contributed by atoms with van der Waals surface area (Å²) >= 11 is 0. The van der Waals surface area contributed by atoms with E-state index in [1.807, 2.05) is 6.07 Å². The molecule has 89 heavy (non-hydrogen) atoms. The molecular formula is C63H88N14O12. The molecule has 20 N–H and O–H groups in total. The molecule has 0 radical (unpaired) electrons. The zero-order valence-corrected chi connectivity index (χ0v) is 50.9. The molecule has 1 fully saturated rings. The van der Waals surface area contributed by atoms with Crippen LogP contribution in [0.5, 0.6) is 0 Å². The lowest BCUT2D eigenvalue weighted by atomic mass is 9.92. The Morgan fingerprint density at radius 2 is 1.06 bits per heavy atom. The van der Waals surface area contributed by atoms with Crippen molar-refractivity contribution >= 4 is 91.4 Å². The van der Waals surface area contributed by atoms with Crippen molar-refractivity contribution in [3.63, 3.8) is 0 Å². The zero-order chi connectivity index (χ0) is 64.9. The first-order chi connectivity index (χ1) is 42.5. The molecule has 0 aliphatic carbocycles. The number of benzene rings is 5. The largest absolute Gasteiger partial charge is 0.391 e. The van der Waals surface area contributed by atoms with E-state index in [1.165, 1.54) is 19.2 Å². The minimum atomic E-state index is -1.67. The van der Waals surface area contributed by atoms with Crippen LogP contribution < -0.4 is 76.1 Å². The number of rotatable bonds is 23. The zero-order valence-electron chi connectivity index (χ0n) is 50.9. The standard InChI is InChI=1S/C63H88N14O12/c1-34(2)30-48-60(86)71-43(20-25-64)55(81)70-46(23-28-67)59(85)77-53(35(3)78)62(88)68-29-24-47(58(84)69-44(21-26-65)57(83)75-49(61(87)74-48)33-37-10-6-5-7-11-37)72-56(82)45(22-27-66)73-63(89)54(36(4)79)76-50(80)15-8-12-38-31-41-18-16-39-13-9-14-40-17-19-42(32-38)52(41)51(39)40/h5-7,9-11,13-14,16-19,31-32,34-36,43-49,53-54,78-79H,8,12,15,20-30,33,64-67H2,1-4H3,(H,68,88)(H,69,84)(H,70,81)(H,71,86)(H,72,82)(H,73,89)(H,74,87)(H,75,83)(H,76,80)(H,77,85)/t35-,36-,43+,44+,45+,46+,47+,48+,49-,53+,54+/m1/s1. The molecule has 0 aromatic heterocycles. The Bertz CT molecular complexity index is 3190. The van der Waals surface area contributed by atoms with Crippen LogP contribution in [-0.4, -0.2) is 169 Å². The molecule has 0 spiro atoms. The van der Waals surface area contributed by atoms with E-state index in [0.717, 1.165) is 32.5 Å². The van der Waals surface area contributed by atoms with Gasteiger partial charge in [-0.2, -0.15) is 0 Å². The van der Waals surface area contributed by atoms with E-state index < -0.39 is 139 Å². The van der Waals surface area contributed by atoms with Crippen LogP contribution in [0.15, 0.2) is 84.9 Å². The lowest BCUT2D eigenvalue weighted by molar-refractivity contribution is -0.136. The van der Waals surface area contributed by atoms with Crippen molar-refractivity contribution in [2.45, 2.75) is 158 Å². The van der Waals surface area contributed by atoms with Crippen molar-refractivity contribution < 1.29 is 58.2 Å². The third-order valence-electron chi connectivity index (χ3n) is 15.5. The van der Waals surface area contributed by atoms with Gasteiger partial charge in [0.1, 0.15) is 54.4 Å². The van der Waals surface area contributed by atoms with Gasteiger partial charge in [0.2, 0.25) is 59.1 Å². The number of nitrogens with two attached hydrogens (primary N) is 4. The summed E-state index contributed by atoms with van der Waals surface area (Å²) in [7, 11) is 0. The highest BCUT2D eigenvalue weighted by Gasteiger charge is 2.37. The lowest BCUT2D eigenvalue weighted by Gasteiger charge is -2.28. The number of amides is 10. The predicted molar refractivity (Wildman–Crippen MR) is 336 cm³/mol. The van der Waals surface area contributed by atoms with Gasteiger partial charge < -0.3 is 86.3 Å². The highest BCUT2D eigenvalue weighted by atomic mass is 16.3. The third-order valence-corrected chi connectivity index (χ3v) is 15.5. The average Bonchev–Trinajstić information content (AvgIpc) is 0.777.